The van der Waals surface area contributed by atoms with Crippen molar-refractivity contribution in [2.24, 2.45) is 16.2 Å². The molecule has 0 bridgehead atoms. The first-order valence-electron chi connectivity index (χ1n) is 16.0. The monoisotopic (exact) mass is 886 g/mol. The molecule has 20 heteroatoms. The molecule has 50 heavy (non-hydrogen) atoms. The summed E-state index contributed by atoms with van der Waals surface area (Å²) in [6.07, 6.45) is 12.8. The molecule has 0 unspecified atom stereocenters. The Morgan fingerprint density at radius 3 is 0.600 bits per heavy atom. The molecular formula is C30H57B3Mo2O15-12. The number of carbonyl (C=O) groups is 3. The van der Waals surface area contributed by atoms with Crippen molar-refractivity contribution in [1.29, 1.82) is 0 Å². The first kappa shape index (κ1) is 67.7. The van der Waals surface area contributed by atoms with E-state index in [4.69, 9.17) is 45.2 Å². The molecule has 0 aliphatic heterocycles. The predicted molar refractivity (Wildman–Crippen MR) is 160 cm³/mol. The average Bonchev–Trinajstić information content (AvgIpc) is 2.80. The van der Waals surface area contributed by atoms with Gasteiger partial charge in [0.1, 0.15) is 0 Å². The zero-order valence-corrected chi connectivity index (χ0v) is 35.3. The summed E-state index contributed by atoms with van der Waals surface area (Å²) in [5.41, 5.74) is 1.13. The van der Waals surface area contributed by atoms with Gasteiger partial charge in [-0.15, -0.1) is 0 Å². The van der Waals surface area contributed by atoms with Crippen molar-refractivity contribution in [2.75, 3.05) is 0 Å². The van der Waals surface area contributed by atoms with Crippen molar-refractivity contribution in [3.05, 3.63) is 0 Å². The van der Waals surface area contributed by atoms with Crippen LogP contribution in [0.4, 0.5) is 0 Å². The second-order valence-electron chi connectivity index (χ2n) is 14.3. The molecule has 0 saturated heterocycles. The van der Waals surface area contributed by atoms with Crippen LogP contribution in [0.15, 0.2) is 0 Å². The molecular weight excluding hydrogens is 825 g/mol. The number of rotatable bonds is 15. The summed E-state index contributed by atoms with van der Waals surface area (Å²) >= 11 is 0. The molecule has 0 aliphatic rings. The predicted octanol–water partition coefficient (Wildman–Crippen LogP) is -6.65. The largest absolute Gasteiger partial charge is 0.907 e. The van der Waals surface area contributed by atoms with E-state index < -0.39 is 39.9 Å². The average molecular weight is 882 g/mol. The number of carboxylic acids is 3. The summed E-state index contributed by atoms with van der Waals surface area (Å²) in [7, 11) is -8.75. The molecule has 0 radical (unpaired) electrons. The molecule has 15 nitrogen and oxygen atoms in total. The molecule has 0 fully saturated rings. The van der Waals surface area contributed by atoms with Crippen LogP contribution >= 0.6 is 0 Å². The van der Waals surface area contributed by atoms with Gasteiger partial charge < -0.3 is 74.9 Å². The van der Waals surface area contributed by atoms with Gasteiger partial charge in [0.05, 0.1) is 0 Å². The van der Waals surface area contributed by atoms with Crippen molar-refractivity contribution in [3.63, 3.8) is 0 Å². The van der Waals surface area contributed by atoms with E-state index >= 15 is 0 Å². The molecule has 0 atom stereocenters. The molecule has 0 aromatic carbocycles. The van der Waals surface area contributed by atoms with Crippen molar-refractivity contribution in [2.45, 2.75) is 159 Å². The topological polar surface area (TPSA) is 328 Å². The summed E-state index contributed by atoms with van der Waals surface area (Å²) in [6.45, 7) is 19.8. The van der Waals surface area contributed by atoms with Gasteiger partial charge in [0, 0.05) is 60.0 Å². The van der Waals surface area contributed by atoms with Crippen LogP contribution in [-0.2, 0) is 56.5 Å². The quantitative estimate of drug-likeness (QED) is 0.109. The third kappa shape index (κ3) is 146. The minimum absolute atomic E-state index is 0. The zero-order valence-electron chi connectivity index (χ0n) is 31.3. The van der Waals surface area contributed by atoms with Crippen LogP contribution in [0.3, 0.4) is 0 Å². The number of aliphatic carboxylic acids is 3. The van der Waals surface area contributed by atoms with Crippen molar-refractivity contribution >= 4 is 39.9 Å². The number of carboxylic acid groups (broad SMARTS) is 3. The van der Waals surface area contributed by atoms with Crippen molar-refractivity contribution in [1.82, 2.24) is 0 Å². The number of unbranched alkanes of at least 4 members (excludes halogenated alkanes) is 6. The molecule has 0 aromatic rings. The maximum absolute atomic E-state index is 10.0. The molecule has 0 N–H and O–H groups in total. The van der Waals surface area contributed by atoms with Gasteiger partial charge >= 0.3 is 0 Å². The van der Waals surface area contributed by atoms with Crippen molar-refractivity contribution < 1.29 is 117 Å². The van der Waals surface area contributed by atoms with Gasteiger partial charge in [-0.25, -0.2) is 0 Å². The van der Waals surface area contributed by atoms with Crippen LogP contribution in [0, 0.1) is 16.2 Å². The SMILES string of the molecule is CC(C)(C)CCCCCC(=O)[O-].CC(C)(C)CCCCCC(=O)[O-].CC(C)(C)CCCCCC(=O)[O-].[Mo].[Mo].[O-]B([O-])[O-].[O-]B([O-])[O-].[O-]B([O-])[O-]. The molecule has 0 spiro atoms. The first-order chi connectivity index (χ1) is 21.4. The third-order valence-electron chi connectivity index (χ3n) is 5.42. The molecule has 0 amide bonds. The van der Waals surface area contributed by atoms with Gasteiger partial charge in [0.15, 0.2) is 0 Å². The molecule has 0 aromatic heterocycles. The van der Waals surface area contributed by atoms with E-state index in [0.29, 0.717) is 16.2 Å². The van der Waals surface area contributed by atoms with Gasteiger partial charge in [0.2, 0.25) is 0 Å². The summed E-state index contributed by atoms with van der Waals surface area (Å²) < 4.78 is 0. The Morgan fingerprint density at radius 1 is 0.360 bits per heavy atom. The second kappa shape index (κ2) is 43.0. The normalized spacial score (nSPS) is 9.96. The van der Waals surface area contributed by atoms with Gasteiger partial charge in [-0.1, -0.05) is 101 Å². The summed E-state index contributed by atoms with van der Waals surface area (Å²) in [6, 6.07) is 0. The number of hydrogen-bond donors (Lipinski definition) is 0. The minimum atomic E-state index is -2.92. The van der Waals surface area contributed by atoms with Gasteiger partial charge in [-0.05, 0) is 74.0 Å². The summed E-state index contributed by atoms with van der Waals surface area (Å²) in [5, 5.41) is 106. The number of carbonyl (C=O) groups excluding carboxylic acids is 3. The van der Waals surface area contributed by atoms with Crippen LogP contribution in [0.5, 0.6) is 0 Å². The Hall–Kier alpha value is -0.379. The maximum atomic E-state index is 10.0. The van der Waals surface area contributed by atoms with E-state index in [1.807, 2.05) is 0 Å². The Morgan fingerprint density at radius 2 is 0.500 bits per heavy atom. The maximum Gasteiger partial charge on any atom is 0.0414 e. The Kier molecular flexibility index (Phi) is 58.3. The van der Waals surface area contributed by atoms with Crippen LogP contribution in [0.25, 0.3) is 0 Å². The van der Waals surface area contributed by atoms with E-state index in [-0.39, 0.29) is 61.4 Å². The van der Waals surface area contributed by atoms with E-state index in [9.17, 15) is 29.7 Å². The van der Waals surface area contributed by atoms with Crippen LogP contribution in [0.1, 0.15) is 159 Å². The van der Waals surface area contributed by atoms with E-state index in [0.717, 1.165) is 57.8 Å². The van der Waals surface area contributed by atoms with Crippen molar-refractivity contribution in [3.8, 4) is 0 Å². The Balaban J connectivity index is -0.0000000745. The fourth-order valence-corrected chi connectivity index (χ4v) is 3.30. The smallest absolute Gasteiger partial charge is 0.0414 e. The molecule has 0 aliphatic carbocycles. The van der Waals surface area contributed by atoms with E-state index in [2.05, 4.69) is 62.3 Å². The third-order valence-corrected chi connectivity index (χ3v) is 5.42. The molecule has 0 rings (SSSR count). The van der Waals surface area contributed by atoms with Crippen LogP contribution in [0.2, 0.25) is 0 Å². The minimum Gasteiger partial charge on any atom is -0.907 e. The fourth-order valence-electron chi connectivity index (χ4n) is 3.30. The van der Waals surface area contributed by atoms with Gasteiger partial charge in [-0.2, -0.15) is 0 Å². The van der Waals surface area contributed by atoms with Gasteiger partial charge in [-0.3, -0.25) is 22.0 Å². The van der Waals surface area contributed by atoms with E-state index in [1.54, 1.807) is 0 Å². The second-order valence-corrected chi connectivity index (χ2v) is 14.3. The zero-order chi connectivity index (χ0) is 39.6. The Bertz CT molecular complexity index is 629. The summed E-state index contributed by atoms with van der Waals surface area (Å²) in [5.74, 6) is -2.78. The standard InChI is InChI=1S/3C10H20O2.3BO3.2Mo/c3*1-10(2,3)8-6-4-5-7-9(11)12;3*2-1(3)4;;/h3*4-8H2,1-3H3,(H,11,12);;;;;/q;;;3*-3;;/p-3. The van der Waals surface area contributed by atoms with Gasteiger partial charge in [0.25, 0.3) is 0 Å². The summed E-state index contributed by atoms with van der Waals surface area (Å²) in [4.78, 5) is 30.1. The van der Waals surface area contributed by atoms with E-state index in [1.165, 1.54) is 19.3 Å². The van der Waals surface area contributed by atoms with Crippen LogP contribution in [-0.4, -0.2) is 39.9 Å². The molecule has 300 valence electrons. The van der Waals surface area contributed by atoms with Crippen LogP contribution < -0.4 is 60.5 Å². The number of hydrogen-bond acceptors (Lipinski definition) is 15. The fraction of sp³-hybridized carbons (Fsp3) is 0.900. The Labute approximate surface area is 330 Å². The first-order valence-corrected chi connectivity index (χ1v) is 16.0. The molecule has 0 heterocycles. The molecule has 0 saturated carbocycles.